The highest BCUT2D eigenvalue weighted by molar-refractivity contribution is 8.00. The summed E-state index contributed by atoms with van der Waals surface area (Å²) in [5.41, 5.74) is 1.40. The Morgan fingerprint density at radius 2 is 0.900 bits per heavy atom. The van der Waals surface area contributed by atoms with Crippen LogP contribution in [0.5, 0.6) is 0 Å². The summed E-state index contributed by atoms with van der Waals surface area (Å²) >= 11 is 3.75. The Bertz CT molecular complexity index is 3460. The molecular weight excluding hydrogens is 1600 g/mol. The third-order valence-corrected chi connectivity index (χ3v) is 29.3. The third-order valence-electron chi connectivity index (χ3n) is 23.2. The summed E-state index contributed by atoms with van der Waals surface area (Å²) in [5.74, 6) is 2.13. The van der Waals surface area contributed by atoms with Gasteiger partial charge in [0.25, 0.3) is 0 Å². The van der Waals surface area contributed by atoms with Gasteiger partial charge in [-0.1, -0.05) is 25.7 Å². The van der Waals surface area contributed by atoms with Crippen LogP contribution in [0.4, 0.5) is 27.4 Å². The number of imidazole rings is 2. The number of H-pyrrole nitrogens is 2. The van der Waals surface area contributed by atoms with Crippen LogP contribution in [-0.4, -0.2) is 278 Å². The first-order valence-corrected chi connectivity index (χ1v) is 48.4. The minimum Gasteiger partial charge on any atom is -0.379 e. The van der Waals surface area contributed by atoms with Crippen LogP contribution in [0.2, 0.25) is 6.04 Å². The number of amides is 11. The van der Waals surface area contributed by atoms with Crippen LogP contribution in [0.1, 0.15) is 206 Å². The Labute approximate surface area is 715 Å². The van der Waals surface area contributed by atoms with Gasteiger partial charge in [-0.2, -0.15) is 38.5 Å². The molecule has 10 heterocycles. The van der Waals surface area contributed by atoms with Crippen LogP contribution in [0, 0.1) is 5.92 Å². The number of urea groups is 2. The summed E-state index contributed by atoms with van der Waals surface area (Å²) in [4.78, 5) is 166. The Balaban J connectivity index is 0.662. The van der Waals surface area contributed by atoms with Gasteiger partial charge in [-0.15, -0.1) is 0 Å². The number of carbonyl (C=O) groups is 10. The molecule has 8 atom stereocenters. The molecule has 120 heavy (non-hydrogen) atoms. The molecule has 0 spiro atoms. The lowest BCUT2D eigenvalue weighted by atomic mass is 9.96. The topological polar surface area (TPSA) is 455 Å². The lowest BCUT2D eigenvalue weighted by Gasteiger charge is -2.36. The zero-order valence-electron chi connectivity index (χ0n) is 70.6. The number of ether oxygens (including phenoxy) is 2. The van der Waals surface area contributed by atoms with Crippen molar-refractivity contribution in [1.29, 1.82) is 0 Å². The number of hydrogen-bond donors (Lipinski definition) is 13. The fraction of sp³-hybridized carbons (Fsp3) is 0.765. The van der Waals surface area contributed by atoms with E-state index in [1.165, 1.54) is 0 Å². The van der Waals surface area contributed by atoms with E-state index in [4.69, 9.17) is 37.7 Å². The zero-order chi connectivity index (χ0) is 84.7. The molecule has 0 aromatic carbocycles. The molecule has 0 aliphatic carbocycles. The number of nitrogens with one attached hydrogen (secondary N) is 13. The molecule has 4 unspecified atom stereocenters. The first-order valence-electron chi connectivity index (χ1n) is 44.3. The quantitative estimate of drug-likeness (QED) is 0.0207. The number of nitrogens with zero attached hydrogens (tertiary/aromatic N) is 8. The smallest absolute Gasteiger partial charge is 0.379 e. The molecule has 10 rings (SSSR count). The van der Waals surface area contributed by atoms with Crippen molar-refractivity contribution in [2.45, 2.75) is 272 Å². The summed E-state index contributed by atoms with van der Waals surface area (Å²) < 4.78 is 29.4. The van der Waals surface area contributed by atoms with Crippen molar-refractivity contribution in [1.82, 2.24) is 93.4 Å². The van der Waals surface area contributed by atoms with E-state index in [0.29, 0.717) is 234 Å². The number of Topliss-reactive ketones (excluding diaryl/α,β-unsaturated/α-hetero) is 1. The second-order valence-corrected chi connectivity index (χ2v) is 37.5. The minimum atomic E-state index is -2.72. The maximum Gasteiger partial charge on any atom is 0.500 e. The monoisotopic (exact) mass is 1730 g/mol. The van der Waals surface area contributed by atoms with Crippen molar-refractivity contribution in [3.05, 3.63) is 36.4 Å². The van der Waals surface area contributed by atoms with E-state index in [0.717, 1.165) is 88.6 Å². The number of piperidine rings is 3. The highest BCUT2D eigenvalue weighted by Gasteiger charge is 2.45. The summed E-state index contributed by atoms with van der Waals surface area (Å²) in [7, 11) is -2.72. The highest BCUT2D eigenvalue weighted by atomic mass is 32.2. The van der Waals surface area contributed by atoms with Crippen molar-refractivity contribution in [3.8, 4) is 0 Å². The van der Waals surface area contributed by atoms with Crippen molar-refractivity contribution < 1.29 is 70.7 Å². The van der Waals surface area contributed by atoms with Crippen LogP contribution < -0.4 is 73.2 Å². The second-order valence-electron chi connectivity index (χ2n) is 32.2. The number of carbonyl (C=O) groups excluding carboxylic acids is 10. The molecule has 11 amide bonds. The van der Waals surface area contributed by atoms with Crippen LogP contribution >= 0.6 is 23.5 Å². The number of aromatic nitrogens is 7. The minimum absolute atomic E-state index is 0.00958. The Morgan fingerprint density at radius 1 is 0.475 bits per heavy atom. The number of rotatable bonds is 57. The Kier molecular flexibility index (Phi) is 40.2. The fourth-order valence-corrected chi connectivity index (χ4v) is 22.3. The molecule has 13 N–H and O–H groups in total. The summed E-state index contributed by atoms with van der Waals surface area (Å²) in [6.45, 7) is 13.4. The summed E-state index contributed by atoms with van der Waals surface area (Å²) in [6.07, 6.45) is 24.0. The van der Waals surface area contributed by atoms with Gasteiger partial charge < -0.3 is 106 Å². The highest BCUT2D eigenvalue weighted by Crippen LogP contribution is 2.35. The molecule has 39 heteroatoms. The molecule has 3 aromatic rings. The van der Waals surface area contributed by atoms with Gasteiger partial charge >= 0.3 is 20.9 Å². The van der Waals surface area contributed by atoms with Crippen LogP contribution in [-0.2, 0) is 73.9 Å². The average molecular weight is 1730 g/mol. The molecular formula is C81H133N21O15S2Si. The van der Waals surface area contributed by atoms with Gasteiger partial charge in [-0.3, -0.25) is 38.4 Å². The number of aromatic amines is 2. The number of thioether (sulfide) groups is 2. The maximum atomic E-state index is 14.2. The van der Waals surface area contributed by atoms with Crippen molar-refractivity contribution >= 4 is 109 Å². The number of ketones is 1. The summed E-state index contributed by atoms with van der Waals surface area (Å²) in [5, 5.41) is 34.2. The van der Waals surface area contributed by atoms with E-state index in [1.54, 1.807) is 25.0 Å². The Hall–Kier alpha value is -7.95. The second kappa shape index (κ2) is 51.2. The molecule has 0 saturated carbocycles. The fourth-order valence-electron chi connectivity index (χ4n) is 16.6. The van der Waals surface area contributed by atoms with E-state index in [9.17, 15) is 47.9 Å². The average Bonchev–Trinajstić information content (AvgIpc) is 1.37. The zero-order valence-corrected chi connectivity index (χ0v) is 73.3. The van der Waals surface area contributed by atoms with E-state index in [1.807, 2.05) is 44.3 Å². The molecule has 7 fully saturated rings. The van der Waals surface area contributed by atoms with Crippen molar-refractivity contribution in [2.24, 2.45) is 5.92 Å². The number of fused-ring (bicyclic) bond motifs is 2. The maximum absolute atomic E-state index is 14.2. The lowest BCUT2D eigenvalue weighted by molar-refractivity contribution is -0.129. The molecule has 3 aromatic heterocycles. The third kappa shape index (κ3) is 31.7. The molecule has 7 aliphatic heterocycles. The first kappa shape index (κ1) is 94.3. The number of hydrogen-bond acceptors (Lipinski definition) is 25. The molecule has 0 bridgehead atoms. The number of anilines is 3. The SMILES string of the molecule is CCO[Si](CCCCC(=O)CCCOCCOCCNC(=O)C1CCN(c2nc(N3CCC(NC(=O)C(Cc4cnc[nH]4)NC(=O)CCCCCNC(=O)CCCCC4SC[C@@H]5NC(=O)N[C@H]45)CC3)nc(N3CCC(NC(=O)C(Cc4cnc[nH]4)NC(=O)CCCCCNC(=O)CCCCC4SC[C@H]5NC(=O)N[C@@H]45)CC3)n2)CC1)(OCC)OCC. The molecule has 7 aliphatic rings. The first-order chi connectivity index (χ1) is 58.4. The molecule has 36 nitrogen and oxygen atoms in total. The normalized spacial score (nSPS) is 20.6. The summed E-state index contributed by atoms with van der Waals surface area (Å²) in [6, 6.07) is -0.965. The van der Waals surface area contributed by atoms with Gasteiger partial charge in [0.15, 0.2) is 0 Å². The Morgan fingerprint density at radius 3 is 1.35 bits per heavy atom. The van der Waals surface area contributed by atoms with Crippen LogP contribution in [0.3, 0.4) is 0 Å². The van der Waals surface area contributed by atoms with Gasteiger partial charge in [0, 0.05) is 207 Å². The van der Waals surface area contributed by atoms with Gasteiger partial charge in [0.2, 0.25) is 59.2 Å². The molecule has 668 valence electrons. The standard InChI is InChI=1S/C81H133N21O15S2Si/c1-4-115-120(116-5-2,117-6-3)47-18-15-20-61(103)21-19-43-113-45-46-114-44-36-86-74(108)56-28-37-100(38-29-56)77-97-78(101-39-30-57(31-40-101)89-75(109)62(48-59-50-82-54-87-59)91-70(106)26-9-7-16-34-84-68(104)24-13-11-22-66-72-64(52-118-66)93-80(111)95-72)99-79(98-77)102-41-32-58(33-42-102)90-76(110)63(49-60-51-83-55-88-60)92-71(107)27-10-8-17-35-85-69(105)25-14-12-23-67-73-65(53-119-67)94-81(112)96-73/h50-51,54-58,62-67,72-73H,4-49,52-53H2,1-3H3,(H,82,87)(H,83,88)(H,84,104)(H,85,105)(H,86,108)(H,89,109)(H,90,110)(H,91,106)(H,92,107)(H2,93,95,111)(H2,94,96,112)/t62?,63?,64-,65+,66?,67?,72-,73+. The van der Waals surface area contributed by atoms with Gasteiger partial charge in [-0.05, 0) is 130 Å². The predicted molar refractivity (Wildman–Crippen MR) is 459 cm³/mol. The van der Waals surface area contributed by atoms with Gasteiger partial charge in [0.1, 0.15) is 17.9 Å². The molecule has 0 radical (unpaired) electrons. The largest absolute Gasteiger partial charge is 0.500 e. The van der Waals surface area contributed by atoms with E-state index >= 15 is 0 Å². The number of unbranched alkanes of at least 4 members (excludes halogenated alkanes) is 7. The van der Waals surface area contributed by atoms with Gasteiger partial charge in [0.05, 0.1) is 56.6 Å². The predicted octanol–water partition coefficient (Wildman–Crippen LogP) is 4.68. The van der Waals surface area contributed by atoms with Gasteiger partial charge in [-0.25, -0.2) is 19.6 Å². The van der Waals surface area contributed by atoms with E-state index < -0.39 is 20.9 Å². The molecule has 7 saturated heterocycles. The lowest BCUT2D eigenvalue weighted by Crippen LogP contribution is -2.53. The van der Waals surface area contributed by atoms with Crippen LogP contribution in [0.25, 0.3) is 0 Å². The van der Waals surface area contributed by atoms with Crippen molar-refractivity contribution in [2.75, 3.05) is 131 Å². The van der Waals surface area contributed by atoms with Crippen LogP contribution in [0.15, 0.2) is 25.0 Å². The van der Waals surface area contributed by atoms with E-state index in [2.05, 4.69) is 93.1 Å². The van der Waals surface area contributed by atoms with Crippen molar-refractivity contribution in [3.63, 3.8) is 0 Å². The van der Waals surface area contributed by atoms with E-state index in [-0.39, 0.29) is 127 Å².